The van der Waals surface area contributed by atoms with Gasteiger partial charge in [0.1, 0.15) is 11.6 Å². The molecule has 1 unspecified atom stereocenters. The number of ether oxygens (including phenoxy) is 1. The fourth-order valence-electron chi connectivity index (χ4n) is 1.72. The Labute approximate surface area is 114 Å². The molecule has 0 radical (unpaired) electrons. The average molecular weight is 310 g/mol. The third-order valence-electron chi connectivity index (χ3n) is 2.71. The Balaban J connectivity index is 2.16. The summed E-state index contributed by atoms with van der Waals surface area (Å²) in [5.41, 5.74) is 1.75. The van der Waals surface area contributed by atoms with E-state index in [1.165, 1.54) is 13.2 Å². The number of pyridine rings is 1. The van der Waals surface area contributed by atoms with E-state index in [9.17, 15) is 4.39 Å². The fourth-order valence-corrected chi connectivity index (χ4v) is 2.47. The van der Waals surface area contributed by atoms with Gasteiger partial charge in [-0.1, -0.05) is 22.0 Å². The van der Waals surface area contributed by atoms with Crippen molar-refractivity contribution in [3.05, 3.63) is 59.7 Å². The molecular formula is C14H13BrFNO. The first-order valence-electron chi connectivity index (χ1n) is 5.57. The summed E-state index contributed by atoms with van der Waals surface area (Å²) in [5, 5.41) is 0. The molecule has 0 aliphatic carbocycles. The van der Waals surface area contributed by atoms with E-state index in [1.807, 2.05) is 12.1 Å². The van der Waals surface area contributed by atoms with Gasteiger partial charge in [-0.25, -0.2) is 4.39 Å². The Morgan fingerprint density at radius 2 is 2.00 bits per heavy atom. The van der Waals surface area contributed by atoms with Gasteiger partial charge < -0.3 is 4.74 Å². The van der Waals surface area contributed by atoms with Crippen LogP contribution in [0.2, 0.25) is 0 Å². The maximum atomic E-state index is 13.9. The van der Waals surface area contributed by atoms with Crippen LogP contribution in [0.15, 0.2) is 42.7 Å². The molecule has 2 aromatic rings. The fraction of sp³-hybridized carbons (Fsp3) is 0.214. The van der Waals surface area contributed by atoms with Crippen LogP contribution in [0.1, 0.15) is 16.0 Å². The highest BCUT2D eigenvalue weighted by atomic mass is 79.9. The highest BCUT2D eigenvalue weighted by Gasteiger charge is 2.14. The predicted molar refractivity (Wildman–Crippen MR) is 72.6 cm³/mol. The molecule has 0 saturated carbocycles. The number of benzene rings is 1. The van der Waals surface area contributed by atoms with Crippen LogP contribution >= 0.6 is 15.9 Å². The number of halogens is 2. The second kappa shape index (κ2) is 5.96. The van der Waals surface area contributed by atoms with Crippen molar-refractivity contribution in [1.82, 2.24) is 4.98 Å². The van der Waals surface area contributed by atoms with Gasteiger partial charge >= 0.3 is 0 Å². The van der Waals surface area contributed by atoms with Crippen molar-refractivity contribution >= 4 is 15.9 Å². The van der Waals surface area contributed by atoms with Gasteiger partial charge in [0.05, 0.1) is 7.11 Å². The van der Waals surface area contributed by atoms with Crippen LogP contribution in [0.4, 0.5) is 4.39 Å². The number of nitrogens with zero attached hydrogens (tertiary/aromatic N) is 1. The van der Waals surface area contributed by atoms with Crippen LogP contribution in [-0.4, -0.2) is 12.1 Å². The third kappa shape index (κ3) is 3.07. The average Bonchev–Trinajstić information content (AvgIpc) is 2.39. The molecule has 0 aliphatic rings. The van der Waals surface area contributed by atoms with Gasteiger partial charge in [-0.3, -0.25) is 4.98 Å². The first kappa shape index (κ1) is 13.0. The lowest BCUT2D eigenvalue weighted by molar-refractivity contribution is 0.410. The van der Waals surface area contributed by atoms with E-state index in [2.05, 4.69) is 20.9 Å². The summed E-state index contributed by atoms with van der Waals surface area (Å²) >= 11 is 3.52. The molecule has 1 aromatic heterocycles. The first-order chi connectivity index (χ1) is 8.70. The zero-order chi connectivity index (χ0) is 13.0. The van der Waals surface area contributed by atoms with E-state index in [0.717, 1.165) is 5.56 Å². The van der Waals surface area contributed by atoms with E-state index in [0.29, 0.717) is 17.7 Å². The maximum Gasteiger partial charge on any atom is 0.131 e. The van der Waals surface area contributed by atoms with Crippen LogP contribution in [0.3, 0.4) is 0 Å². The van der Waals surface area contributed by atoms with Gasteiger partial charge in [-0.05, 0) is 30.2 Å². The largest absolute Gasteiger partial charge is 0.497 e. The summed E-state index contributed by atoms with van der Waals surface area (Å²) in [7, 11) is 1.52. The van der Waals surface area contributed by atoms with Crippen LogP contribution in [-0.2, 0) is 6.42 Å². The Morgan fingerprint density at radius 1 is 1.28 bits per heavy atom. The summed E-state index contributed by atoms with van der Waals surface area (Å²) in [6, 6.07) is 8.76. The van der Waals surface area contributed by atoms with Crippen LogP contribution < -0.4 is 4.74 Å². The smallest absolute Gasteiger partial charge is 0.131 e. The van der Waals surface area contributed by atoms with Gasteiger partial charge in [0.25, 0.3) is 0 Å². The summed E-state index contributed by atoms with van der Waals surface area (Å²) < 4.78 is 18.9. The zero-order valence-electron chi connectivity index (χ0n) is 9.94. The van der Waals surface area contributed by atoms with Gasteiger partial charge in [0.15, 0.2) is 0 Å². The second-order valence-corrected chi connectivity index (χ2v) is 5.02. The molecule has 0 amide bonds. The lowest BCUT2D eigenvalue weighted by Crippen LogP contribution is -1.99. The number of alkyl halides is 1. The predicted octanol–water partition coefficient (Wildman–Crippen LogP) is 3.91. The first-order valence-corrected chi connectivity index (χ1v) is 6.48. The highest BCUT2D eigenvalue weighted by Crippen LogP contribution is 2.30. The van der Waals surface area contributed by atoms with Crippen molar-refractivity contribution in [1.29, 1.82) is 0 Å². The minimum Gasteiger partial charge on any atom is -0.497 e. The zero-order valence-corrected chi connectivity index (χ0v) is 11.5. The molecule has 1 heterocycles. The van der Waals surface area contributed by atoms with Gasteiger partial charge in [-0.15, -0.1) is 0 Å². The monoisotopic (exact) mass is 309 g/mol. The third-order valence-corrected chi connectivity index (χ3v) is 3.53. The minimum atomic E-state index is -0.259. The van der Waals surface area contributed by atoms with Crippen LogP contribution in [0, 0.1) is 5.82 Å². The molecule has 2 nitrogen and oxygen atoms in total. The van der Waals surface area contributed by atoms with E-state index in [1.54, 1.807) is 24.5 Å². The van der Waals surface area contributed by atoms with Crippen molar-refractivity contribution in [2.45, 2.75) is 11.2 Å². The molecular weight excluding hydrogens is 297 g/mol. The number of rotatable bonds is 4. The Kier molecular flexibility index (Phi) is 4.31. The minimum absolute atomic E-state index is 0.0641. The molecule has 18 heavy (non-hydrogen) atoms. The highest BCUT2D eigenvalue weighted by molar-refractivity contribution is 9.09. The van der Waals surface area contributed by atoms with E-state index >= 15 is 0 Å². The molecule has 0 fully saturated rings. The van der Waals surface area contributed by atoms with Gasteiger partial charge in [-0.2, -0.15) is 0 Å². The van der Waals surface area contributed by atoms with E-state index in [4.69, 9.17) is 4.74 Å². The van der Waals surface area contributed by atoms with Crippen molar-refractivity contribution < 1.29 is 9.13 Å². The van der Waals surface area contributed by atoms with E-state index in [-0.39, 0.29) is 10.6 Å². The molecule has 4 heteroatoms. The second-order valence-electron chi connectivity index (χ2n) is 3.91. The van der Waals surface area contributed by atoms with E-state index < -0.39 is 0 Å². The van der Waals surface area contributed by atoms with Crippen molar-refractivity contribution in [3.8, 4) is 5.75 Å². The maximum absolute atomic E-state index is 13.9. The number of aromatic nitrogens is 1. The summed E-state index contributed by atoms with van der Waals surface area (Å²) in [4.78, 5) is 3.90. The molecule has 2 rings (SSSR count). The van der Waals surface area contributed by atoms with Crippen LogP contribution in [0.5, 0.6) is 5.75 Å². The van der Waals surface area contributed by atoms with Crippen molar-refractivity contribution in [2.75, 3.05) is 7.11 Å². The molecule has 1 aromatic carbocycles. The molecule has 0 spiro atoms. The topological polar surface area (TPSA) is 22.1 Å². The standard InChI is InChI=1S/C14H13BrFNO/c1-18-11-2-3-12(14(16)9-11)13(15)8-10-4-6-17-7-5-10/h2-7,9,13H,8H2,1H3. The molecule has 1 atom stereocenters. The molecule has 94 valence electrons. The molecule has 0 N–H and O–H groups in total. The lowest BCUT2D eigenvalue weighted by Gasteiger charge is -2.12. The lowest BCUT2D eigenvalue weighted by atomic mass is 10.0. The number of hydrogen-bond acceptors (Lipinski definition) is 2. The van der Waals surface area contributed by atoms with Gasteiger partial charge in [0.2, 0.25) is 0 Å². The summed E-state index contributed by atoms with van der Waals surface area (Å²) in [6.45, 7) is 0. The normalized spacial score (nSPS) is 12.2. The molecule has 0 saturated heterocycles. The Morgan fingerprint density at radius 3 is 2.61 bits per heavy atom. The van der Waals surface area contributed by atoms with Crippen molar-refractivity contribution in [2.24, 2.45) is 0 Å². The number of methoxy groups -OCH3 is 1. The van der Waals surface area contributed by atoms with Crippen molar-refractivity contribution in [3.63, 3.8) is 0 Å². The SMILES string of the molecule is COc1ccc(C(Br)Cc2ccncc2)c(F)c1. The van der Waals surface area contributed by atoms with Crippen LogP contribution in [0.25, 0.3) is 0 Å². The molecule has 0 aliphatic heterocycles. The summed E-state index contributed by atoms with van der Waals surface area (Å²) in [6.07, 6.45) is 4.19. The summed E-state index contributed by atoms with van der Waals surface area (Å²) in [5.74, 6) is 0.269. The quantitative estimate of drug-likeness (QED) is 0.799. The Bertz CT molecular complexity index is 518. The molecule has 0 bridgehead atoms. The Hall–Kier alpha value is -1.42. The van der Waals surface area contributed by atoms with Gasteiger partial charge in [0, 0.05) is 28.9 Å². The number of hydrogen-bond donors (Lipinski definition) is 0.